The first-order valence-corrected chi connectivity index (χ1v) is 6.87. The number of hydrogen-bond donors (Lipinski definition) is 2. The Hall–Kier alpha value is -3.08. The van der Waals surface area contributed by atoms with E-state index in [1.165, 1.54) is 0 Å². The van der Waals surface area contributed by atoms with Crippen LogP contribution in [0.5, 0.6) is 5.75 Å². The molecule has 2 aromatic carbocycles. The van der Waals surface area contributed by atoms with Gasteiger partial charge in [-0.05, 0) is 31.2 Å². The van der Waals surface area contributed by atoms with Gasteiger partial charge in [-0.2, -0.15) is 5.10 Å². The summed E-state index contributed by atoms with van der Waals surface area (Å²) in [6.45, 7) is 1.81. The maximum absolute atomic E-state index is 11.7. The third-order valence-corrected chi connectivity index (χ3v) is 3.19. The minimum absolute atomic E-state index is 0.471. The molecule has 0 bridgehead atoms. The highest BCUT2D eigenvalue weighted by Crippen LogP contribution is 2.15. The number of aromatic nitrogens is 1. The second kappa shape index (κ2) is 6.13. The molecular formula is C17H15N3O2. The van der Waals surface area contributed by atoms with E-state index in [1.54, 1.807) is 24.3 Å². The molecule has 0 aliphatic heterocycles. The third-order valence-electron chi connectivity index (χ3n) is 3.19. The topological polar surface area (TPSA) is 66.5 Å². The molecule has 0 unspecified atom stereocenters. The molecule has 0 aliphatic rings. The molecule has 0 fully saturated rings. The fourth-order valence-electron chi connectivity index (χ4n) is 2.08. The molecule has 0 saturated carbocycles. The normalized spacial score (nSPS) is 11.4. The van der Waals surface area contributed by atoms with Crippen LogP contribution >= 0.6 is 0 Å². The number of hydrazone groups is 1. The number of hydrogen-bond acceptors (Lipinski definition) is 3. The van der Waals surface area contributed by atoms with Crippen LogP contribution in [0.3, 0.4) is 0 Å². The van der Waals surface area contributed by atoms with Crippen molar-refractivity contribution in [2.45, 2.75) is 6.92 Å². The quantitative estimate of drug-likeness (QED) is 0.571. The number of fused-ring (bicyclic) bond motifs is 1. The van der Waals surface area contributed by atoms with Crippen LogP contribution in [0.2, 0.25) is 0 Å². The van der Waals surface area contributed by atoms with Crippen molar-refractivity contribution in [2.24, 2.45) is 5.10 Å². The summed E-state index contributed by atoms with van der Waals surface area (Å²) in [5.74, 6) is 0.471. The highest BCUT2D eigenvalue weighted by atomic mass is 16.6. The Bertz CT molecular complexity index is 789. The Morgan fingerprint density at radius 3 is 2.59 bits per heavy atom. The maximum Gasteiger partial charge on any atom is 0.433 e. The van der Waals surface area contributed by atoms with Crippen molar-refractivity contribution in [3.05, 3.63) is 66.4 Å². The van der Waals surface area contributed by atoms with E-state index in [0.717, 1.165) is 16.6 Å². The molecule has 0 radical (unpaired) electrons. The lowest BCUT2D eigenvalue weighted by Gasteiger charge is -2.03. The third kappa shape index (κ3) is 3.15. The van der Waals surface area contributed by atoms with Crippen molar-refractivity contribution in [3.63, 3.8) is 0 Å². The van der Waals surface area contributed by atoms with E-state index in [0.29, 0.717) is 11.5 Å². The predicted molar refractivity (Wildman–Crippen MR) is 86.1 cm³/mol. The number of rotatable bonds is 3. The molecule has 0 atom stereocenters. The Labute approximate surface area is 127 Å². The van der Waals surface area contributed by atoms with E-state index in [1.807, 2.05) is 43.3 Å². The number of carbonyl (C=O) groups excluding carboxylic acids is 1. The predicted octanol–water partition coefficient (Wildman–Crippen LogP) is 3.68. The van der Waals surface area contributed by atoms with E-state index in [2.05, 4.69) is 15.5 Å². The lowest BCUT2D eigenvalue weighted by Crippen LogP contribution is -2.23. The Morgan fingerprint density at radius 1 is 1.09 bits per heavy atom. The van der Waals surface area contributed by atoms with Crippen LogP contribution in [0.25, 0.3) is 10.9 Å². The van der Waals surface area contributed by atoms with Crippen LogP contribution in [0.15, 0.2) is 65.8 Å². The highest BCUT2D eigenvalue weighted by molar-refractivity contribution is 6.01. The van der Waals surface area contributed by atoms with E-state index in [-0.39, 0.29) is 0 Å². The molecule has 1 aromatic heterocycles. The van der Waals surface area contributed by atoms with Crippen LogP contribution < -0.4 is 10.2 Å². The zero-order valence-electron chi connectivity index (χ0n) is 12.0. The van der Waals surface area contributed by atoms with Gasteiger partial charge in [-0.3, -0.25) is 0 Å². The van der Waals surface area contributed by atoms with Gasteiger partial charge in [0.25, 0.3) is 0 Å². The summed E-state index contributed by atoms with van der Waals surface area (Å²) in [7, 11) is 0. The number of benzene rings is 2. The molecule has 5 nitrogen and oxygen atoms in total. The van der Waals surface area contributed by atoms with Gasteiger partial charge in [0.05, 0.1) is 11.4 Å². The van der Waals surface area contributed by atoms with Crippen LogP contribution in [0.1, 0.15) is 12.6 Å². The molecule has 3 rings (SSSR count). The summed E-state index contributed by atoms with van der Waals surface area (Å²) in [4.78, 5) is 14.9. The summed E-state index contributed by atoms with van der Waals surface area (Å²) < 4.78 is 5.09. The number of carbonyl (C=O) groups is 1. The number of amides is 1. The monoisotopic (exact) mass is 293 g/mol. The lowest BCUT2D eigenvalue weighted by molar-refractivity contribution is 0.201. The second-order valence-electron chi connectivity index (χ2n) is 4.78. The zero-order chi connectivity index (χ0) is 15.4. The number of para-hydroxylation sites is 2. The summed E-state index contributed by atoms with van der Waals surface area (Å²) in [5, 5.41) is 5.14. The van der Waals surface area contributed by atoms with Gasteiger partial charge in [0.2, 0.25) is 0 Å². The van der Waals surface area contributed by atoms with Crippen molar-refractivity contribution in [1.82, 2.24) is 10.4 Å². The summed E-state index contributed by atoms with van der Waals surface area (Å²) in [6.07, 6.45) is -0.623. The van der Waals surface area contributed by atoms with Gasteiger partial charge in [-0.15, -0.1) is 0 Å². The molecule has 1 amide bonds. The molecule has 3 aromatic rings. The smallest absolute Gasteiger partial charge is 0.409 e. The molecule has 0 spiro atoms. The van der Waals surface area contributed by atoms with Crippen molar-refractivity contribution in [3.8, 4) is 5.75 Å². The minimum Gasteiger partial charge on any atom is -0.409 e. The summed E-state index contributed by atoms with van der Waals surface area (Å²) in [5.41, 5.74) is 4.92. The zero-order valence-corrected chi connectivity index (χ0v) is 12.0. The Kier molecular flexibility index (Phi) is 3.87. The van der Waals surface area contributed by atoms with Gasteiger partial charge in [-0.25, -0.2) is 10.2 Å². The summed E-state index contributed by atoms with van der Waals surface area (Å²) in [6, 6.07) is 18.8. The largest absolute Gasteiger partial charge is 0.433 e. The SMILES string of the molecule is CC(=NNC(=O)Oc1ccccc1)c1cc2ccccc2[nH]1. The molecular weight excluding hydrogens is 278 g/mol. The highest BCUT2D eigenvalue weighted by Gasteiger charge is 2.05. The second-order valence-corrected chi connectivity index (χ2v) is 4.78. The van der Waals surface area contributed by atoms with Crippen LogP contribution in [-0.2, 0) is 0 Å². The average molecular weight is 293 g/mol. The lowest BCUT2D eigenvalue weighted by atomic mass is 10.2. The van der Waals surface area contributed by atoms with Crippen LogP contribution in [0.4, 0.5) is 4.79 Å². The average Bonchev–Trinajstić information content (AvgIpc) is 2.98. The van der Waals surface area contributed by atoms with Gasteiger partial charge >= 0.3 is 6.09 Å². The first-order valence-electron chi connectivity index (χ1n) is 6.87. The number of ether oxygens (including phenoxy) is 1. The van der Waals surface area contributed by atoms with Crippen LogP contribution in [0, 0.1) is 0 Å². The molecule has 0 aliphatic carbocycles. The molecule has 110 valence electrons. The number of aromatic amines is 1. The maximum atomic E-state index is 11.7. The number of nitrogens with zero attached hydrogens (tertiary/aromatic N) is 1. The fraction of sp³-hybridized carbons (Fsp3) is 0.0588. The van der Waals surface area contributed by atoms with Gasteiger partial charge < -0.3 is 9.72 Å². The molecule has 0 saturated heterocycles. The van der Waals surface area contributed by atoms with Crippen molar-refractivity contribution >= 4 is 22.7 Å². The number of nitrogens with one attached hydrogen (secondary N) is 2. The molecule has 22 heavy (non-hydrogen) atoms. The van der Waals surface area contributed by atoms with Crippen molar-refractivity contribution in [2.75, 3.05) is 0 Å². The standard InChI is InChI=1S/C17H15N3O2/c1-12(16-11-13-7-5-6-10-15(13)18-16)19-20-17(21)22-14-8-3-2-4-9-14/h2-11,18H,1H3,(H,20,21). The molecule has 1 heterocycles. The Morgan fingerprint density at radius 2 is 1.82 bits per heavy atom. The van der Waals surface area contributed by atoms with E-state index in [9.17, 15) is 4.79 Å². The van der Waals surface area contributed by atoms with Gasteiger partial charge in [-0.1, -0.05) is 36.4 Å². The first kappa shape index (κ1) is 13.9. The van der Waals surface area contributed by atoms with E-state index >= 15 is 0 Å². The van der Waals surface area contributed by atoms with Crippen LogP contribution in [-0.4, -0.2) is 16.8 Å². The first-order chi connectivity index (χ1) is 10.7. The molecule has 2 N–H and O–H groups in total. The Balaban J connectivity index is 1.68. The molecule has 5 heteroatoms. The number of H-pyrrole nitrogens is 1. The fourth-order valence-corrected chi connectivity index (χ4v) is 2.08. The van der Waals surface area contributed by atoms with Gasteiger partial charge in [0, 0.05) is 10.9 Å². The minimum atomic E-state index is -0.623. The summed E-state index contributed by atoms with van der Waals surface area (Å²) >= 11 is 0. The van der Waals surface area contributed by atoms with E-state index < -0.39 is 6.09 Å². The van der Waals surface area contributed by atoms with E-state index in [4.69, 9.17) is 4.74 Å². The van der Waals surface area contributed by atoms with Gasteiger partial charge in [0.15, 0.2) is 0 Å². The van der Waals surface area contributed by atoms with Crippen molar-refractivity contribution < 1.29 is 9.53 Å². The van der Waals surface area contributed by atoms with Gasteiger partial charge in [0.1, 0.15) is 5.75 Å². The van der Waals surface area contributed by atoms with Crippen molar-refractivity contribution in [1.29, 1.82) is 0 Å².